The summed E-state index contributed by atoms with van der Waals surface area (Å²) >= 11 is -0.931. The molecule has 2 bridgehead atoms. The van der Waals surface area contributed by atoms with Crippen molar-refractivity contribution in [2.45, 2.75) is 25.4 Å². The topological polar surface area (TPSA) is 0 Å². The molecule has 3 aliphatic carbocycles. The summed E-state index contributed by atoms with van der Waals surface area (Å²) in [6, 6.07) is 0. The van der Waals surface area contributed by atoms with E-state index >= 15 is 0 Å². The Morgan fingerprint density at radius 3 is 1.50 bits per heavy atom. The summed E-state index contributed by atoms with van der Waals surface area (Å²) in [5.41, 5.74) is -1.20. The molecule has 3 rings (SSSR count). The fourth-order valence-electron chi connectivity index (χ4n) is 1.83. The zero-order chi connectivity index (χ0) is 9.41. The summed E-state index contributed by atoms with van der Waals surface area (Å²) in [6.45, 7) is 0. The third-order valence-corrected chi connectivity index (χ3v) is 2.64. The van der Waals surface area contributed by atoms with Crippen LogP contribution < -0.4 is 0 Å². The standard InChI is InChI=1S/C6H7F3.2ClH.Zn/c7-6(8,9)5-1-4(2-5)3-5;;;/h4H,1-3H2;2*1H;/q;;;+2/p-2. The molecule has 3 saturated carbocycles. The summed E-state index contributed by atoms with van der Waals surface area (Å²) in [6.07, 6.45) is -2.66. The SMILES string of the molecule is FC(F)(F)C12CC(C1)C2.[Cl][Zn][Cl]. The van der Waals surface area contributed by atoms with Gasteiger partial charge in [0.05, 0.1) is 5.41 Å². The van der Waals surface area contributed by atoms with Gasteiger partial charge in [-0.15, -0.1) is 0 Å². The molecule has 0 heterocycles. The Morgan fingerprint density at radius 2 is 1.50 bits per heavy atom. The molecule has 0 saturated heterocycles. The van der Waals surface area contributed by atoms with E-state index in [1.807, 2.05) is 0 Å². The molecular weight excluding hydrogens is 265 g/mol. The summed E-state index contributed by atoms with van der Waals surface area (Å²) in [5.74, 6) is 0.423. The zero-order valence-electron chi connectivity index (χ0n) is 6.30. The predicted octanol–water partition coefficient (Wildman–Crippen LogP) is 3.73. The Bertz CT molecular complexity index is 154. The Kier molecular flexibility index (Phi) is 3.35. The molecule has 0 atom stereocenters. The zero-order valence-corrected chi connectivity index (χ0v) is 10.8. The molecule has 0 aromatic heterocycles. The van der Waals surface area contributed by atoms with Crippen LogP contribution in [0.4, 0.5) is 13.2 Å². The fourth-order valence-corrected chi connectivity index (χ4v) is 1.83. The Hall–Kier alpha value is 0.993. The first-order valence-electron chi connectivity index (χ1n) is 3.64. The molecule has 3 fully saturated rings. The van der Waals surface area contributed by atoms with E-state index in [1.165, 1.54) is 0 Å². The van der Waals surface area contributed by atoms with Gasteiger partial charge in [-0.05, 0) is 25.2 Å². The van der Waals surface area contributed by atoms with E-state index in [-0.39, 0.29) is 0 Å². The fraction of sp³-hybridized carbons (Fsp3) is 1.00. The van der Waals surface area contributed by atoms with E-state index in [0.717, 1.165) is 0 Å². The molecule has 0 nitrogen and oxygen atoms in total. The van der Waals surface area contributed by atoms with Crippen LogP contribution in [0.25, 0.3) is 0 Å². The van der Waals surface area contributed by atoms with Gasteiger partial charge in [-0.2, -0.15) is 13.2 Å². The van der Waals surface area contributed by atoms with E-state index in [4.69, 9.17) is 19.4 Å². The van der Waals surface area contributed by atoms with Crippen molar-refractivity contribution in [3.05, 3.63) is 0 Å². The number of alkyl halides is 3. The van der Waals surface area contributed by atoms with Crippen LogP contribution in [0.5, 0.6) is 0 Å². The average molecular weight is 272 g/mol. The Labute approximate surface area is 84.5 Å². The Morgan fingerprint density at radius 1 is 1.17 bits per heavy atom. The second-order valence-corrected chi connectivity index (χ2v) is 7.98. The summed E-state index contributed by atoms with van der Waals surface area (Å²) in [4.78, 5) is 0. The van der Waals surface area contributed by atoms with E-state index in [0.29, 0.717) is 25.2 Å². The molecule has 0 radical (unpaired) electrons. The van der Waals surface area contributed by atoms with Crippen LogP contribution in [0.15, 0.2) is 0 Å². The van der Waals surface area contributed by atoms with Crippen LogP contribution in [0.1, 0.15) is 19.3 Å². The van der Waals surface area contributed by atoms with E-state index in [9.17, 15) is 13.2 Å². The van der Waals surface area contributed by atoms with Gasteiger partial charge >= 0.3 is 40.7 Å². The molecule has 0 aromatic rings. The second-order valence-electron chi connectivity index (χ2n) is 3.36. The van der Waals surface area contributed by atoms with Crippen molar-refractivity contribution in [1.82, 2.24) is 0 Å². The van der Waals surface area contributed by atoms with Crippen LogP contribution in [0.3, 0.4) is 0 Å². The molecule has 3 aliphatic rings. The molecule has 6 heteroatoms. The van der Waals surface area contributed by atoms with Crippen molar-refractivity contribution in [3.63, 3.8) is 0 Å². The van der Waals surface area contributed by atoms with Gasteiger partial charge in [0, 0.05) is 0 Å². The van der Waals surface area contributed by atoms with E-state index < -0.39 is 26.7 Å². The van der Waals surface area contributed by atoms with Gasteiger partial charge in [0.25, 0.3) is 0 Å². The van der Waals surface area contributed by atoms with E-state index in [1.54, 1.807) is 0 Å². The van der Waals surface area contributed by atoms with Gasteiger partial charge in [-0.25, -0.2) is 0 Å². The minimum atomic E-state index is -3.90. The number of hydrogen-bond donors (Lipinski definition) is 0. The van der Waals surface area contributed by atoms with Crippen LogP contribution >= 0.6 is 19.4 Å². The molecule has 0 amide bonds. The van der Waals surface area contributed by atoms with Crippen molar-refractivity contribution in [2.75, 3.05) is 0 Å². The molecule has 0 unspecified atom stereocenters. The van der Waals surface area contributed by atoms with Crippen molar-refractivity contribution in [1.29, 1.82) is 0 Å². The average Bonchev–Trinajstić information content (AvgIpc) is 1.49. The van der Waals surface area contributed by atoms with Gasteiger partial charge in [0.2, 0.25) is 0 Å². The van der Waals surface area contributed by atoms with Crippen LogP contribution in [0, 0.1) is 11.3 Å². The molecule has 12 heavy (non-hydrogen) atoms. The minimum absolute atomic E-state index is 0.413. The third kappa shape index (κ3) is 1.76. The quantitative estimate of drug-likeness (QED) is 0.590. The maximum absolute atomic E-state index is 11.9. The maximum atomic E-state index is 11.9. The normalized spacial score (nSPS) is 36.6. The molecule has 68 valence electrons. The van der Waals surface area contributed by atoms with Gasteiger partial charge in [-0.3, -0.25) is 0 Å². The third-order valence-electron chi connectivity index (χ3n) is 2.64. The molecule has 0 spiro atoms. The first-order chi connectivity index (χ1) is 5.45. The van der Waals surface area contributed by atoms with E-state index in [2.05, 4.69) is 0 Å². The van der Waals surface area contributed by atoms with Gasteiger partial charge in [-0.1, -0.05) is 0 Å². The van der Waals surface area contributed by atoms with Gasteiger partial charge in [0.1, 0.15) is 0 Å². The van der Waals surface area contributed by atoms with Crippen molar-refractivity contribution in [2.24, 2.45) is 11.3 Å². The van der Waals surface area contributed by atoms with Crippen molar-refractivity contribution >= 4 is 19.4 Å². The summed E-state index contributed by atoms with van der Waals surface area (Å²) in [7, 11) is 9.90. The van der Waals surface area contributed by atoms with Crippen molar-refractivity contribution < 1.29 is 28.3 Å². The molecule has 0 aliphatic heterocycles. The molecule has 0 N–H and O–H groups in total. The van der Waals surface area contributed by atoms with Gasteiger partial charge in [0.15, 0.2) is 0 Å². The van der Waals surface area contributed by atoms with Gasteiger partial charge < -0.3 is 0 Å². The second kappa shape index (κ2) is 3.63. The number of rotatable bonds is 0. The van der Waals surface area contributed by atoms with Crippen LogP contribution in [-0.2, 0) is 15.1 Å². The summed E-state index contributed by atoms with van der Waals surface area (Å²) in [5, 5.41) is 0. The van der Waals surface area contributed by atoms with Crippen LogP contribution in [-0.4, -0.2) is 6.18 Å². The number of halogens is 5. The van der Waals surface area contributed by atoms with Crippen molar-refractivity contribution in [3.8, 4) is 0 Å². The molecule has 0 aromatic carbocycles. The number of hydrogen-bond acceptors (Lipinski definition) is 0. The Balaban J connectivity index is 0.000000213. The predicted molar refractivity (Wildman–Crippen MR) is 37.5 cm³/mol. The summed E-state index contributed by atoms with van der Waals surface area (Å²) < 4.78 is 35.8. The first kappa shape index (κ1) is 11.1. The molecular formula is C6H7Cl2F3Zn. The first-order valence-corrected chi connectivity index (χ1v) is 11.4. The van der Waals surface area contributed by atoms with Crippen LogP contribution in [0.2, 0.25) is 0 Å². The monoisotopic (exact) mass is 270 g/mol.